The van der Waals surface area contributed by atoms with Crippen molar-refractivity contribution in [3.05, 3.63) is 29.8 Å². The minimum absolute atomic E-state index is 0.117. The Bertz CT molecular complexity index is 543. The van der Waals surface area contributed by atoms with Crippen molar-refractivity contribution >= 4 is 9.84 Å². The maximum Gasteiger partial charge on any atom is 0.180 e. The van der Waals surface area contributed by atoms with E-state index in [1.165, 1.54) is 0 Å². The lowest BCUT2D eigenvalue weighted by Gasteiger charge is -2.13. The molecular weight excluding hydrogens is 276 g/mol. The van der Waals surface area contributed by atoms with Crippen LogP contribution in [-0.4, -0.2) is 59.5 Å². The summed E-state index contributed by atoms with van der Waals surface area (Å²) < 4.78 is 29.5. The highest BCUT2D eigenvalue weighted by Gasteiger charge is 2.33. The van der Waals surface area contributed by atoms with Crippen molar-refractivity contribution < 1.29 is 13.2 Å². The molecule has 0 saturated carbocycles. The molecule has 6 heteroatoms. The molecular formula is C14H22N2O3S. The molecule has 112 valence electrons. The SMILES string of the molecule is CN(C)CCOCCNC1CS(=O)(=O)c2ccccc21. The second-order valence-corrected chi connectivity index (χ2v) is 7.24. The third-order valence-electron chi connectivity index (χ3n) is 3.34. The van der Waals surface area contributed by atoms with Gasteiger partial charge in [0.1, 0.15) is 0 Å². The van der Waals surface area contributed by atoms with E-state index in [-0.39, 0.29) is 11.8 Å². The fraction of sp³-hybridized carbons (Fsp3) is 0.571. The molecule has 2 rings (SSSR count). The molecule has 1 atom stereocenters. The van der Waals surface area contributed by atoms with E-state index < -0.39 is 9.84 Å². The van der Waals surface area contributed by atoms with Crippen LogP contribution in [0.15, 0.2) is 29.2 Å². The second-order valence-electron chi connectivity index (χ2n) is 5.24. The summed E-state index contributed by atoms with van der Waals surface area (Å²) in [6.45, 7) is 2.82. The maximum absolute atomic E-state index is 12.0. The van der Waals surface area contributed by atoms with Crippen molar-refractivity contribution in [2.75, 3.05) is 46.2 Å². The zero-order chi connectivity index (χ0) is 14.6. The molecule has 1 aliphatic heterocycles. The summed E-state index contributed by atoms with van der Waals surface area (Å²) in [5.74, 6) is 0.143. The Morgan fingerprint density at radius 2 is 2.05 bits per heavy atom. The van der Waals surface area contributed by atoms with Crippen LogP contribution in [0.4, 0.5) is 0 Å². The van der Waals surface area contributed by atoms with Crippen LogP contribution in [0.25, 0.3) is 0 Å². The topological polar surface area (TPSA) is 58.6 Å². The van der Waals surface area contributed by atoms with Crippen LogP contribution in [0.2, 0.25) is 0 Å². The smallest absolute Gasteiger partial charge is 0.180 e. The normalized spacial score (nSPS) is 20.2. The summed E-state index contributed by atoms with van der Waals surface area (Å²) in [4.78, 5) is 2.53. The highest BCUT2D eigenvalue weighted by molar-refractivity contribution is 7.91. The van der Waals surface area contributed by atoms with Gasteiger partial charge in [0, 0.05) is 19.1 Å². The van der Waals surface area contributed by atoms with Gasteiger partial charge in [-0.05, 0) is 25.7 Å². The minimum Gasteiger partial charge on any atom is -0.379 e. The van der Waals surface area contributed by atoms with E-state index in [1.807, 2.05) is 26.2 Å². The van der Waals surface area contributed by atoms with Crippen LogP contribution >= 0.6 is 0 Å². The van der Waals surface area contributed by atoms with Crippen LogP contribution < -0.4 is 5.32 Å². The Morgan fingerprint density at radius 1 is 1.30 bits per heavy atom. The lowest BCUT2D eigenvalue weighted by Crippen LogP contribution is -2.27. The Balaban J connectivity index is 1.81. The molecule has 20 heavy (non-hydrogen) atoms. The molecule has 1 unspecified atom stereocenters. The molecule has 0 aromatic heterocycles. The number of sulfone groups is 1. The van der Waals surface area contributed by atoms with Crippen LogP contribution in [0, 0.1) is 0 Å². The standard InChI is InChI=1S/C14H22N2O3S/c1-16(2)8-10-19-9-7-15-13-11-20(17,18)14-6-4-3-5-12(13)14/h3-6,13,15H,7-11H2,1-2H3. The lowest BCUT2D eigenvalue weighted by atomic mass is 10.1. The number of rotatable bonds is 7. The van der Waals surface area contributed by atoms with Gasteiger partial charge in [0.2, 0.25) is 0 Å². The van der Waals surface area contributed by atoms with Crippen molar-refractivity contribution in [3.63, 3.8) is 0 Å². The predicted octanol–water partition coefficient (Wildman–Crippen LogP) is 0.683. The van der Waals surface area contributed by atoms with Crippen LogP contribution in [0.1, 0.15) is 11.6 Å². The van der Waals surface area contributed by atoms with Crippen molar-refractivity contribution in [2.45, 2.75) is 10.9 Å². The first kappa shape index (κ1) is 15.4. The molecule has 0 amide bonds. The number of nitrogens with one attached hydrogen (secondary N) is 1. The van der Waals surface area contributed by atoms with Gasteiger partial charge in [0.25, 0.3) is 0 Å². The first-order valence-corrected chi connectivity index (χ1v) is 8.43. The predicted molar refractivity (Wildman–Crippen MR) is 78.6 cm³/mol. The number of ether oxygens (including phenoxy) is 1. The number of fused-ring (bicyclic) bond motifs is 1. The summed E-state index contributed by atoms with van der Waals surface area (Å²) in [6, 6.07) is 7.09. The van der Waals surface area contributed by atoms with E-state index in [4.69, 9.17) is 4.74 Å². The van der Waals surface area contributed by atoms with Gasteiger partial charge in [-0.2, -0.15) is 0 Å². The highest BCUT2D eigenvalue weighted by Crippen LogP contribution is 2.32. The van der Waals surface area contributed by atoms with Crippen LogP contribution in [-0.2, 0) is 14.6 Å². The monoisotopic (exact) mass is 298 g/mol. The second kappa shape index (κ2) is 6.67. The number of nitrogens with zero attached hydrogens (tertiary/aromatic N) is 1. The zero-order valence-corrected chi connectivity index (χ0v) is 12.8. The number of likely N-dealkylation sites (N-methyl/N-ethyl adjacent to an activating group) is 1. The summed E-state index contributed by atoms with van der Waals surface area (Å²) in [5.41, 5.74) is 0.876. The average molecular weight is 298 g/mol. The van der Waals surface area contributed by atoms with Crippen LogP contribution in [0.5, 0.6) is 0 Å². The third-order valence-corrected chi connectivity index (χ3v) is 5.15. The van der Waals surface area contributed by atoms with Gasteiger partial charge in [-0.3, -0.25) is 0 Å². The number of hydrogen-bond donors (Lipinski definition) is 1. The minimum atomic E-state index is -3.12. The molecule has 0 saturated heterocycles. The molecule has 0 spiro atoms. The third kappa shape index (κ3) is 3.79. The first-order valence-electron chi connectivity index (χ1n) is 6.78. The lowest BCUT2D eigenvalue weighted by molar-refractivity contribution is 0.118. The van der Waals surface area contributed by atoms with E-state index in [9.17, 15) is 8.42 Å². The van der Waals surface area contributed by atoms with Crippen molar-refractivity contribution in [1.82, 2.24) is 10.2 Å². The van der Waals surface area contributed by atoms with E-state index in [1.54, 1.807) is 12.1 Å². The highest BCUT2D eigenvalue weighted by atomic mass is 32.2. The van der Waals surface area contributed by atoms with E-state index in [0.717, 1.165) is 12.1 Å². The molecule has 1 heterocycles. The van der Waals surface area contributed by atoms with Crippen molar-refractivity contribution in [1.29, 1.82) is 0 Å². The molecule has 1 N–H and O–H groups in total. The van der Waals surface area contributed by atoms with Gasteiger partial charge < -0.3 is 15.0 Å². The Morgan fingerprint density at radius 3 is 2.80 bits per heavy atom. The van der Waals surface area contributed by atoms with E-state index >= 15 is 0 Å². The van der Waals surface area contributed by atoms with Crippen LogP contribution in [0.3, 0.4) is 0 Å². The molecule has 0 fully saturated rings. The van der Waals surface area contributed by atoms with Gasteiger partial charge in [-0.15, -0.1) is 0 Å². The maximum atomic E-state index is 12.0. The summed E-state index contributed by atoms with van der Waals surface area (Å²) >= 11 is 0. The zero-order valence-electron chi connectivity index (χ0n) is 12.0. The summed E-state index contributed by atoms with van der Waals surface area (Å²) in [6.07, 6.45) is 0. The Hall–Kier alpha value is -0.950. The van der Waals surface area contributed by atoms with Gasteiger partial charge in [0.05, 0.1) is 23.9 Å². The quantitative estimate of drug-likeness (QED) is 0.750. The Kier molecular flexibility index (Phi) is 5.15. The number of hydrogen-bond acceptors (Lipinski definition) is 5. The van der Waals surface area contributed by atoms with E-state index in [0.29, 0.717) is 24.7 Å². The first-order chi connectivity index (χ1) is 9.50. The largest absolute Gasteiger partial charge is 0.379 e. The fourth-order valence-electron chi connectivity index (χ4n) is 2.27. The van der Waals surface area contributed by atoms with Gasteiger partial charge in [-0.25, -0.2) is 8.42 Å². The Labute approximate surface area is 120 Å². The van der Waals surface area contributed by atoms with E-state index in [2.05, 4.69) is 10.2 Å². The molecule has 1 aromatic rings. The fourth-order valence-corrected chi connectivity index (χ4v) is 4.05. The van der Waals surface area contributed by atoms with Gasteiger partial charge >= 0.3 is 0 Å². The van der Waals surface area contributed by atoms with Gasteiger partial charge in [0.15, 0.2) is 9.84 Å². The summed E-state index contributed by atoms with van der Waals surface area (Å²) in [5, 5.41) is 3.26. The van der Waals surface area contributed by atoms with Crippen molar-refractivity contribution in [3.8, 4) is 0 Å². The molecule has 1 aromatic carbocycles. The molecule has 5 nitrogen and oxygen atoms in total. The average Bonchev–Trinajstić information content (AvgIpc) is 2.66. The van der Waals surface area contributed by atoms with Crippen molar-refractivity contribution in [2.24, 2.45) is 0 Å². The molecule has 0 aliphatic carbocycles. The molecule has 0 radical (unpaired) electrons. The number of benzene rings is 1. The molecule has 1 aliphatic rings. The van der Waals surface area contributed by atoms with Gasteiger partial charge in [-0.1, -0.05) is 18.2 Å². The molecule has 0 bridgehead atoms. The summed E-state index contributed by atoms with van der Waals surface area (Å²) in [7, 11) is 0.880.